The van der Waals surface area contributed by atoms with E-state index < -0.39 is 0 Å². The highest BCUT2D eigenvalue weighted by molar-refractivity contribution is 5.42. The van der Waals surface area contributed by atoms with Crippen LogP contribution in [0.5, 0.6) is 11.5 Å². The van der Waals surface area contributed by atoms with Gasteiger partial charge in [-0.2, -0.15) is 5.26 Å². The Labute approximate surface area is 127 Å². The Morgan fingerprint density at radius 2 is 2.05 bits per heavy atom. The maximum atomic E-state index is 8.97. The molecule has 1 rings (SSSR count). The van der Waals surface area contributed by atoms with E-state index in [-0.39, 0.29) is 11.5 Å². The Hall–Kier alpha value is -1.73. The fourth-order valence-electron chi connectivity index (χ4n) is 2.05. The largest absolute Gasteiger partial charge is 0.497 e. The van der Waals surface area contributed by atoms with Crippen LogP contribution in [-0.4, -0.2) is 13.7 Å². The van der Waals surface area contributed by atoms with Crippen molar-refractivity contribution in [3.63, 3.8) is 0 Å². The zero-order valence-electron chi connectivity index (χ0n) is 13.5. The quantitative estimate of drug-likeness (QED) is 0.739. The molecule has 0 aliphatic rings. The Balaban J connectivity index is 2.53. The van der Waals surface area contributed by atoms with Crippen molar-refractivity contribution in [2.24, 2.45) is 11.1 Å². The van der Waals surface area contributed by atoms with Crippen LogP contribution in [0.2, 0.25) is 0 Å². The van der Waals surface area contributed by atoms with Crippen molar-refractivity contribution in [2.75, 3.05) is 13.7 Å². The predicted molar refractivity (Wildman–Crippen MR) is 84.3 cm³/mol. The van der Waals surface area contributed by atoms with Crippen molar-refractivity contribution in [1.29, 1.82) is 5.26 Å². The minimum atomic E-state index is -0.257. The van der Waals surface area contributed by atoms with Crippen LogP contribution in [0.15, 0.2) is 18.2 Å². The molecule has 4 nitrogen and oxygen atoms in total. The van der Waals surface area contributed by atoms with Gasteiger partial charge in [0.2, 0.25) is 0 Å². The number of nitrogens with zero attached hydrogens (tertiary/aromatic N) is 1. The summed E-state index contributed by atoms with van der Waals surface area (Å²) >= 11 is 0. The Bertz CT molecular complexity index is 490. The van der Waals surface area contributed by atoms with Crippen LogP contribution in [0, 0.1) is 16.7 Å². The molecule has 0 amide bonds. The maximum Gasteiger partial charge on any atom is 0.127 e. The molecule has 0 saturated heterocycles. The topological polar surface area (TPSA) is 68.3 Å². The van der Waals surface area contributed by atoms with Gasteiger partial charge in [0.05, 0.1) is 25.2 Å². The number of hydrogen-bond acceptors (Lipinski definition) is 4. The van der Waals surface area contributed by atoms with Gasteiger partial charge in [0.15, 0.2) is 0 Å². The van der Waals surface area contributed by atoms with E-state index in [0.29, 0.717) is 6.61 Å². The summed E-state index contributed by atoms with van der Waals surface area (Å²) in [6, 6.07) is 7.94. The highest BCUT2D eigenvalue weighted by Gasteiger charge is 2.15. The molecule has 1 atom stereocenters. The fourth-order valence-corrected chi connectivity index (χ4v) is 2.05. The SMILES string of the molecule is COc1ccc([C@@H](C)N)c(OCCCCC(C)(C)C#N)c1. The first-order chi connectivity index (χ1) is 9.89. The fraction of sp³-hybridized carbons (Fsp3) is 0.588. The summed E-state index contributed by atoms with van der Waals surface area (Å²) in [7, 11) is 1.63. The lowest BCUT2D eigenvalue weighted by Crippen LogP contribution is -2.10. The first-order valence-electron chi connectivity index (χ1n) is 7.37. The predicted octanol–water partition coefficient (Wildman–Crippen LogP) is 3.81. The van der Waals surface area contributed by atoms with E-state index in [4.69, 9.17) is 20.5 Å². The van der Waals surface area contributed by atoms with Gasteiger partial charge in [-0.3, -0.25) is 0 Å². The van der Waals surface area contributed by atoms with Crippen molar-refractivity contribution in [2.45, 2.75) is 46.1 Å². The molecule has 0 unspecified atom stereocenters. The molecule has 1 aromatic carbocycles. The normalized spacial score (nSPS) is 12.6. The molecule has 0 radical (unpaired) electrons. The van der Waals surface area contributed by atoms with Crippen LogP contribution < -0.4 is 15.2 Å². The minimum absolute atomic E-state index is 0.0802. The van der Waals surface area contributed by atoms with Gasteiger partial charge in [0, 0.05) is 17.7 Å². The van der Waals surface area contributed by atoms with Crippen LogP contribution in [0.1, 0.15) is 51.6 Å². The molecule has 0 spiro atoms. The Morgan fingerprint density at radius 3 is 2.62 bits per heavy atom. The van der Waals surface area contributed by atoms with E-state index in [1.165, 1.54) is 0 Å². The lowest BCUT2D eigenvalue weighted by Gasteiger charge is -2.17. The summed E-state index contributed by atoms with van der Waals surface area (Å²) in [6.45, 7) is 6.48. The van der Waals surface area contributed by atoms with Crippen LogP contribution in [0.3, 0.4) is 0 Å². The van der Waals surface area contributed by atoms with Crippen molar-refractivity contribution in [3.8, 4) is 17.6 Å². The number of nitriles is 1. The lowest BCUT2D eigenvalue weighted by atomic mass is 9.89. The van der Waals surface area contributed by atoms with Gasteiger partial charge < -0.3 is 15.2 Å². The van der Waals surface area contributed by atoms with Gasteiger partial charge in [-0.1, -0.05) is 6.07 Å². The number of unbranched alkanes of at least 4 members (excludes halogenated alkanes) is 1. The van der Waals surface area contributed by atoms with E-state index in [0.717, 1.165) is 36.3 Å². The summed E-state index contributed by atoms with van der Waals surface area (Å²) in [6.07, 6.45) is 2.77. The van der Waals surface area contributed by atoms with Gasteiger partial charge in [0.25, 0.3) is 0 Å². The van der Waals surface area contributed by atoms with Crippen molar-refractivity contribution in [1.82, 2.24) is 0 Å². The number of nitrogens with two attached hydrogens (primary N) is 1. The zero-order chi connectivity index (χ0) is 15.9. The molecule has 4 heteroatoms. The second-order valence-electron chi connectivity index (χ2n) is 5.99. The number of rotatable bonds is 8. The van der Waals surface area contributed by atoms with Crippen molar-refractivity contribution < 1.29 is 9.47 Å². The van der Waals surface area contributed by atoms with Crippen LogP contribution in [-0.2, 0) is 0 Å². The first-order valence-corrected chi connectivity index (χ1v) is 7.37. The van der Waals surface area contributed by atoms with Crippen LogP contribution in [0.25, 0.3) is 0 Å². The summed E-state index contributed by atoms with van der Waals surface area (Å²) in [5, 5.41) is 8.97. The second kappa shape index (κ2) is 7.90. The molecule has 21 heavy (non-hydrogen) atoms. The van der Waals surface area contributed by atoms with Crippen molar-refractivity contribution in [3.05, 3.63) is 23.8 Å². The van der Waals surface area contributed by atoms with E-state index in [2.05, 4.69) is 6.07 Å². The molecule has 0 aromatic heterocycles. The van der Waals surface area contributed by atoms with Gasteiger partial charge in [0.1, 0.15) is 11.5 Å². The highest BCUT2D eigenvalue weighted by Crippen LogP contribution is 2.29. The monoisotopic (exact) mass is 290 g/mol. The van der Waals surface area contributed by atoms with E-state index in [1.54, 1.807) is 7.11 Å². The molecule has 1 aromatic rings. The van der Waals surface area contributed by atoms with Crippen LogP contribution in [0.4, 0.5) is 0 Å². The van der Waals surface area contributed by atoms with E-state index >= 15 is 0 Å². The smallest absolute Gasteiger partial charge is 0.127 e. The Morgan fingerprint density at radius 1 is 1.33 bits per heavy atom. The van der Waals surface area contributed by atoms with Crippen molar-refractivity contribution >= 4 is 0 Å². The summed E-state index contributed by atoms with van der Waals surface area (Å²) in [4.78, 5) is 0. The maximum absolute atomic E-state index is 8.97. The van der Waals surface area contributed by atoms with Crippen LogP contribution >= 0.6 is 0 Å². The molecule has 0 aliphatic heterocycles. The number of methoxy groups -OCH3 is 1. The third-order valence-corrected chi connectivity index (χ3v) is 3.47. The number of ether oxygens (including phenoxy) is 2. The molecule has 0 bridgehead atoms. The molecule has 0 aliphatic carbocycles. The third kappa shape index (κ3) is 5.65. The molecule has 0 heterocycles. The van der Waals surface area contributed by atoms with E-state index in [1.807, 2.05) is 39.0 Å². The Kier molecular flexibility index (Phi) is 6.51. The summed E-state index contributed by atoms with van der Waals surface area (Å²) in [5.74, 6) is 1.55. The molecular formula is C17H26N2O2. The number of benzene rings is 1. The summed E-state index contributed by atoms with van der Waals surface area (Å²) in [5.41, 5.74) is 6.68. The molecular weight excluding hydrogens is 264 g/mol. The summed E-state index contributed by atoms with van der Waals surface area (Å²) < 4.78 is 11.1. The molecule has 2 N–H and O–H groups in total. The lowest BCUT2D eigenvalue weighted by molar-refractivity contribution is 0.289. The molecule has 0 saturated carbocycles. The van der Waals surface area contributed by atoms with Gasteiger partial charge in [-0.15, -0.1) is 0 Å². The standard InChI is InChI=1S/C17H26N2O2/c1-13(19)15-8-7-14(20-4)11-16(15)21-10-6-5-9-17(2,3)12-18/h7-8,11,13H,5-6,9-10,19H2,1-4H3/t13-/m1/s1. The average molecular weight is 290 g/mol. The molecule has 116 valence electrons. The third-order valence-electron chi connectivity index (χ3n) is 3.47. The van der Waals surface area contributed by atoms with Gasteiger partial charge >= 0.3 is 0 Å². The van der Waals surface area contributed by atoms with Gasteiger partial charge in [-0.05, 0) is 46.1 Å². The first kappa shape index (κ1) is 17.3. The number of hydrogen-bond donors (Lipinski definition) is 1. The molecule has 0 fully saturated rings. The minimum Gasteiger partial charge on any atom is -0.497 e. The average Bonchev–Trinajstić information content (AvgIpc) is 2.46. The zero-order valence-corrected chi connectivity index (χ0v) is 13.5. The van der Waals surface area contributed by atoms with Gasteiger partial charge in [-0.25, -0.2) is 0 Å². The van der Waals surface area contributed by atoms with E-state index in [9.17, 15) is 0 Å². The highest BCUT2D eigenvalue weighted by atomic mass is 16.5. The second-order valence-corrected chi connectivity index (χ2v) is 5.99.